The van der Waals surface area contributed by atoms with Crippen LogP contribution in [0.15, 0.2) is 65.1 Å². The first-order valence-corrected chi connectivity index (χ1v) is 9.62. The van der Waals surface area contributed by atoms with Crippen molar-refractivity contribution >= 4 is 40.0 Å². The van der Waals surface area contributed by atoms with Crippen molar-refractivity contribution in [1.29, 1.82) is 0 Å². The Morgan fingerprint density at radius 3 is 2.81 bits per heavy atom. The molecular formula is C22H16ClN3O5. The molecule has 3 aromatic carbocycles. The lowest BCUT2D eigenvalue weighted by Gasteiger charge is -2.10. The molecule has 0 fully saturated rings. The molecule has 0 unspecified atom stereocenters. The number of amides is 1. The summed E-state index contributed by atoms with van der Waals surface area (Å²) in [6, 6.07) is 16.5. The number of rotatable bonds is 6. The SMILES string of the molecule is Cc1ccc2oc(-c3ccc(Cl)c(NC(=O)COc4ccccc4[N+](=O)[O-])c3)nc2c1. The molecule has 4 rings (SSSR count). The third-order valence-corrected chi connectivity index (χ3v) is 4.78. The van der Waals surface area contributed by atoms with Crippen molar-refractivity contribution in [3.05, 3.63) is 81.4 Å². The number of anilines is 1. The first kappa shape index (κ1) is 20.4. The molecule has 1 aromatic heterocycles. The van der Waals surface area contributed by atoms with Gasteiger partial charge in [-0.3, -0.25) is 14.9 Å². The Hall–Kier alpha value is -3.91. The highest BCUT2D eigenvalue weighted by atomic mass is 35.5. The number of hydrogen-bond donors (Lipinski definition) is 1. The molecule has 156 valence electrons. The molecule has 1 amide bonds. The summed E-state index contributed by atoms with van der Waals surface area (Å²) in [6.07, 6.45) is 0. The topological polar surface area (TPSA) is 108 Å². The van der Waals surface area contributed by atoms with Crippen LogP contribution < -0.4 is 10.1 Å². The number of nitrogens with zero attached hydrogens (tertiary/aromatic N) is 2. The van der Waals surface area contributed by atoms with E-state index in [1.165, 1.54) is 18.2 Å². The number of carbonyl (C=O) groups excluding carboxylic acids is 1. The van der Waals surface area contributed by atoms with Crippen LogP contribution in [-0.4, -0.2) is 22.4 Å². The molecule has 8 nitrogen and oxygen atoms in total. The van der Waals surface area contributed by atoms with E-state index in [0.717, 1.165) is 11.1 Å². The molecule has 0 aliphatic rings. The van der Waals surface area contributed by atoms with Crippen molar-refractivity contribution in [2.24, 2.45) is 0 Å². The van der Waals surface area contributed by atoms with Crippen LogP contribution in [0, 0.1) is 17.0 Å². The summed E-state index contributed by atoms with van der Waals surface area (Å²) in [6.45, 7) is 1.55. The highest BCUT2D eigenvalue weighted by Gasteiger charge is 2.16. The molecule has 1 heterocycles. The maximum atomic E-state index is 12.3. The fourth-order valence-electron chi connectivity index (χ4n) is 2.97. The van der Waals surface area contributed by atoms with Crippen LogP contribution in [0.3, 0.4) is 0 Å². The fraction of sp³-hybridized carbons (Fsp3) is 0.0909. The van der Waals surface area contributed by atoms with Gasteiger partial charge >= 0.3 is 5.69 Å². The molecule has 4 aromatic rings. The number of para-hydroxylation sites is 2. The smallest absolute Gasteiger partial charge is 0.310 e. The number of hydrogen-bond acceptors (Lipinski definition) is 6. The summed E-state index contributed by atoms with van der Waals surface area (Å²) < 4.78 is 11.1. The molecule has 0 aliphatic heterocycles. The Kier molecular flexibility index (Phi) is 5.55. The fourth-order valence-corrected chi connectivity index (χ4v) is 3.14. The quantitative estimate of drug-likeness (QED) is 0.320. The van der Waals surface area contributed by atoms with Crippen LogP contribution in [-0.2, 0) is 4.79 Å². The summed E-state index contributed by atoms with van der Waals surface area (Å²) in [4.78, 5) is 27.3. The number of nitrogens with one attached hydrogen (secondary N) is 1. The van der Waals surface area contributed by atoms with E-state index < -0.39 is 17.4 Å². The van der Waals surface area contributed by atoms with Crippen LogP contribution in [0.2, 0.25) is 5.02 Å². The molecule has 1 N–H and O–H groups in total. The first-order valence-electron chi connectivity index (χ1n) is 9.24. The predicted octanol–water partition coefficient (Wildman–Crippen LogP) is 5.38. The Morgan fingerprint density at radius 1 is 1.19 bits per heavy atom. The molecule has 9 heteroatoms. The predicted molar refractivity (Wildman–Crippen MR) is 116 cm³/mol. The van der Waals surface area contributed by atoms with Crippen LogP contribution in [0.1, 0.15) is 5.56 Å². The van der Waals surface area contributed by atoms with Crippen LogP contribution >= 0.6 is 11.6 Å². The lowest BCUT2D eigenvalue weighted by molar-refractivity contribution is -0.385. The van der Waals surface area contributed by atoms with Crippen LogP contribution in [0.25, 0.3) is 22.6 Å². The van der Waals surface area contributed by atoms with Gasteiger partial charge in [0.05, 0.1) is 15.6 Å². The lowest BCUT2D eigenvalue weighted by Crippen LogP contribution is -2.20. The van der Waals surface area contributed by atoms with Crippen LogP contribution in [0.5, 0.6) is 5.75 Å². The van der Waals surface area contributed by atoms with Gasteiger partial charge in [-0.05, 0) is 48.9 Å². The van der Waals surface area contributed by atoms with E-state index in [-0.39, 0.29) is 11.4 Å². The Morgan fingerprint density at radius 2 is 2.00 bits per heavy atom. The molecule has 0 spiro atoms. The molecule has 0 atom stereocenters. The Balaban J connectivity index is 1.51. The van der Waals surface area contributed by atoms with Gasteiger partial charge in [0.25, 0.3) is 5.91 Å². The number of ether oxygens (including phenoxy) is 1. The maximum absolute atomic E-state index is 12.3. The number of aryl methyl sites for hydroxylation is 1. The summed E-state index contributed by atoms with van der Waals surface area (Å²) in [5.41, 5.74) is 3.20. The summed E-state index contributed by atoms with van der Waals surface area (Å²) in [5, 5.41) is 14.0. The zero-order valence-corrected chi connectivity index (χ0v) is 17.1. The number of benzene rings is 3. The minimum absolute atomic E-state index is 0.00395. The third kappa shape index (κ3) is 4.49. The van der Waals surface area contributed by atoms with Gasteiger partial charge in [-0.2, -0.15) is 0 Å². The van der Waals surface area contributed by atoms with E-state index in [1.807, 2.05) is 25.1 Å². The second-order valence-electron chi connectivity index (χ2n) is 6.75. The minimum Gasteiger partial charge on any atom is -0.477 e. The van der Waals surface area contributed by atoms with E-state index in [1.54, 1.807) is 24.3 Å². The average Bonchev–Trinajstić information content (AvgIpc) is 3.17. The highest BCUT2D eigenvalue weighted by molar-refractivity contribution is 6.33. The zero-order valence-electron chi connectivity index (χ0n) is 16.3. The number of aromatic nitrogens is 1. The van der Waals surface area contributed by atoms with E-state index in [4.69, 9.17) is 20.8 Å². The summed E-state index contributed by atoms with van der Waals surface area (Å²) in [5.74, 6) is -0.126. The monoisotopic (exact) mass is 437 g/mol. The number of carbonyl (C=O) groups is 1. The summed E-state index contributed by atoms with van der Waals surface area (Å²) >= 11 is 6.22. The molecule has 31 heavy (non-hydrogen) atoms. The number of nitro benzene ring substituents is 1. The van der Waals surface area contributed by atoms with Gasteiger partial charge in [0.15, 0.2) is 17.9 Å². The Labute approximate surface area is 181 Å². The van der Waals surface area contributed by atoms with Crippen molar-refractivity contribution in [2.75, 3.05) is 11.9 Å². The van der Waals surface area contributed by atoms with Gasteiger partial charge in [-0.1, -0.05) is 29.8 Å². The van der Waals surface area contributed by atoms with Crippen molar-refractivity contribution in [3.8, 4) is 17.2 Å². The standard InChI is InChI=1S/C22H16ClN3O5/c1-13-6-9-19-17(10-13)25-22(31-19)14-7-8-15(23)16(11-14)24-21(27)12-30-20-5-3-2-4-18(20)26(28)29/h2-11H,12H2,1H3,(H,24,27). The van der Waals surface area contributed by atoms with Gasteiger partial charge < -0.3 is 14.5 Å². The van der Waals surface area contributed by atoms with Crippen molar-refractivity contribution < 1.29 is 18.9 Å². The van der Waals surface area contributed by atoms with Crippen molar-refractivity contribution in [3.63, 3.8) is 0 Å². The zero-order chi connectivity index (χ0) is 22.0. The van der Waals surface area contributed by atoms with Gasteiger partial charge in [0.2, 0.25) is 5.89 Å². The van der Waals surface area contributed by atoms with Crippen LogP contribution in [0.4, 0.5) is 11.4 Å². The molecular weight excluding hydrogens is 422 g/mol. The van der Waals surface area contributed by atoms with Gasteiger partial charge in [0.1, 0.15) is 5.52 Å². The maximum Gasteiger partial charge on any atom is 0.310 e. The second-order valence-corrected chi connectivity index (χ2v) is 7.15. The summed E-state index contributed by atoms with van der Waals surface area (Å²) in [7, 11) is 0. The lowest BCUT2D eigenvalue weighted by atomic mass is 10.2. The van der Waals surface area contributed by atoms with Gasteiger partial charge in [-0.25, -0.2) is 4.98 Å². The molecule has 0 radical (unpaired) electrons. The number of nitro groups is 1. The van der Waals surface area contributed by atoms with Crippen molar-refractivity contribution in [2.45, 2.75) is 6.92 Å². The molecule has 0 saturated heterocycles. The molecule has 0 bridgehead atoms. The Bertz CT molecular complexity index is 1300. The number of fused-ring (bicyclic) bond motifs is 1. The largest absolute Gasteiger partial charge is 0.477 e. The second kappa shape index (κ2) is 8.45. The van der Waals surface area contributed by atoms with Gasteiger partial charge in [0, 0.05) is 11.6 Å². The van der Waals surface area contributed by atoms with Gasteiger partial charge in [-0.15, -0.1) is 0 Å². The molecule has 0 aliphatic carbocycles. The van der Waals surface area contributed by atoms with E-state index in [2.05, 4.69) is 10.3 Å². The highest BCUT2D eigenvalue weighted by Crippen LogP contribution is 2.31. The normalized spacial score (nSPS) is 10.8. The molecule has 0 saturated carbocycles. The number of halogens is 1. The van der Waals surface area contributed by atoms with E-state index in [9.17, 15) is 14.9 Å². The average molecular weight is 438 g/mol. The van der Waals surface area contributed by atoms with E-state index >= 15 is 0 Å². The first-order chi connectivity index (χ1) is 14.9. The minimum atomic E-state index is -0.574. The van der Waals surface area contributed by atoms with E-state index in [0.29, 0.717) is 27.7 Å². The number of oxazole rings is 1. The van der Waals surface area contributed by atoms with Crippen molar-refractivity contribution in [1.82, 2.24) is 4.98 Å². The third-order valence-electron chi connectivity index (χ3n) is 4.45.